The predicted molar refractivity (Wildman–Crippen MR) is 43.3 cm³/mol. The molecule has 0 bridgehead atoms. The van der Waals surface area contributed by atoms with Crippen LogP contribution >= 0.6 is 0 Å². The summed E-state index contributed by atoms with van der Waals surface area (Å²) in [5, 5.41) is 10.9. The van der Waals surface area contributed by atoms with Crippen LogP contribution in [0.5, 0.6) is 0 Å². The molecule has 0 rings (SSSR count). The standard InChI is InChI=1S/C8H16NO/c1-2-3-4-5-6-7-8-9-10/h7-8,10H,2-6H2,1H3/b9-8-. The summed E-state index contributed by atoms with van der Waals surface area (Å²) in [4.78, 5) is 0. The molecular weight excluding hydrogens is 126 g/mol. The molecular formula is C8H16NO. The summed E-state index contributed by atoms with van der Waals surface area (Å²) in [6.45, 7) is 2.19. The Bertz CT molecular complexity index is 81.3. The van der Waals surface area contributed by atoms with E-state index in [1.54, 1.807) is 0 Å². The van der Waals surface area contributed by atoms with E-state index in [1.807, 2.05) is 6.42 Å². The fourth-order valence-corrected chi connectivity index (χ4v) is 0.811. The fourth-order valence-electron chi connectivity index (χ4n) is 0.811. The van der Waals surface area contributed by atoms with E-state index in [0.29, 0.717) is 0 Å². The van der Waals surface area contributed by atoms with Crippen molar-refractivity contribution in [1.82, 2.24) is 0 Å². The maximum atomic E-state index is 8.01. The van der Waals surface area contributed by atoms with Crippen LogP contribution in [-0.2, 0) is 0 Å². The van der Waals surface area contributed by atoms with Crippen molar-refractivity contribution in [2.24, 2.45) is 5.16 Å². The fraction of sp³-hybridized carbons (Fsp3) is 0.750. The highest BCUT2D eigenvalue weighted by molar-refractivity contribution is 5.66. The van der Waals surface area contributed by atoms with Gasteiger partial charge in [0.05, 0.1) is 0 Å². The molecule has 0 atom stereocenters. The number of nitrogens with zero attached hydrogens (tertiary/aromatic N) is 1. The lowest BCUT2D eigenvalue weighted by molar-refractivity contribution is 0.321. The van der Waals surface area contributed by atoms with Gasteiger partial charge in [-0.1, -0.05) is 32.6 Å². The Balaban J connectivity index is 2.77. The second-order valence-corrected chi connectivity index (χ2v) is 2.35. The normalized spacial score (nSPS) is 10.9. The largest absolute Gasteiger partial charge is 0.411 e. The smallest absolute Gasteiger partial charge is 0.0473 e. The summed E-state index contributed by atoms with van der Waals surface area (Å²) in [5.74, 6) is 0. The van der Waals surface area contributed by atoms with Crippen LogP contribution in [0.4, 0.5) is 0 Å². The zero-order valence-corrected chi connectivity index (χ0v) is 6.58. The zero-order chi connectivity index (χ0) is 7.66. The summed E-state index contributed by atoms with van der Waals surface area (Å²) >= 11 is 0. The van der Waals surface area contributed by atoms with Crippen LogP contribution in [0.3, 0.4) is 0 Å². The van der Waals surface area contributed by atoms with Crippen molar-refractivity contribution >= 4 is 6.21 Å². The number of hydrogen-bond acceptors (Lipinski definition) is 2. The Morgan fingerprint density at radius 1 is 1.30 bits per heavy atom. The second-order valence-electron chi connectivity index (χ2n) is 2.35. The predicted octanol–water partition coefficient (Wildman–Crippen LogP) is 2.62. The molecule has 0 aromatic rings. The van der Waals surface area contributed by atoms with Crippen molar-refractivity contribution in [3.63, 3.8) is 0 Å². The van der Waals surface area contributed by atoms with Crippen LogP contribution in [0.15, 0.2) is 5.16 Å². The van der Waals surface area contributed by atoms with Gasteiger partial charge in [-0.2, -0.15) is 0 Å². The van der Waals surface area contributed by atoms with Crippen molar-refractivity contribution < 1.29 is 5.21 Å². The quantitative estimate of drug-likeness (QED) is 0.263. The van der Waals surface area contributed by atoms with Crippen molar-refractivity contribution in [2.75, 3.05) is 0 Å². The van der Waals surface area contributed by atoms with Crippen molar-refractivity contribution in [1.29, 1.82) is 0 Å². The lowest BCUT2D eigenvalue weighted by Crippen LogP contribution is -1.80. The first-order valence-electron chi connectivity index (χ1n) is 3.91. The van der Waals surface area contributed by atoms with E-state index in [1.165, 1.54) is 31.9 Å². The molecule has 2 heteroatoms. The topological polar surface area (TPSA) is 32.6 Å². The first kappa shape index (κ1) is 9.47. The average molecular weight is 142 g/mol. The van der Waals surface area contributed by atoms with Gasteiger partial charge in [-0.25, -0.2) is 0 Å². The zero-order valence-electron chi connectivity index (χ0n) is 6.58. The molecule has 0 spiro atoms. The Hall–Kier alpha value is -0.530. The third-order valence-corrected chi connectivity index (χ3v) is 1.40. The molecule has 0 fully saturated rings. The Kier molecular flexibility index (Phi) is 8.02. The van der Waals surface area contributed by atoms with E-state index >= 15 is 0 Å². The lowest BCUT2D eigenvalue weighted by atomic mass is 10.1. The van der Waals surface area contributed by atoms with Gasteiger partial charge >= 0.3 is 0 Å². The molecule has 1 radical (unpaired) electrons. The summed E-state index contributed by atoms with van der Waals surface area (Å²) in [6, 6.07) is 0. The molecule has 0 aromatic heterocycles. The minimum absolute atomic E-state index is 1.03. The third kappa shape index (κ3) is 7.47. The average Bonchev–Trinajstić information content (AvgIpc) is 1.97. The highest BCUT2D eigenvalue weighted by Crippen LogP contribution is 2.02. The number of oxime groups is 1. The van der Waals surface area contributed by atoms with E-state index in [0.717, 1.165) is 6.42 Å². The first-order valence-corrected chi connectivity index (χ1v) is 3.91. The lowest BCUT2D eigenvalue weighted by Gasteiger charge is -1.94. The molecule has 0 aliphatic rings. The molecule has 0 heterocycles. The van der Waals surface area contributed by atoms with Crippen molar-refractivity contribution in [3.05, 3.63) is 6.42 Å². The van der Waals surface area contributed by atoms with Gasteiger partial charge in [-0.05, 0) is 6.42 Å². The summed E-state index contributed by atoms with van der Waals surface area (Å²) in [7, 11) is 0. The molecule has 0 aliphatic carbocycles. The van der Waals surface area contributed by atoms with Crippen molar-refractivity contribution in [3.8, 4) is 0 Å². The van der Waals surface area contributed by atoms with Gasteiger partial charge in [0.25, 0.3) is 0 Å². The number of hydrogen-bond donors (Lipinski definition) is 1. The Morgan fingerprint density at radius 3 is 2.70 bits per heavy atom. The van der Waals surface area contributed by atoms with Gasteiger partial charge < -0.3 is 5.21 Å². The van der Waals surface area contributed by atoms with Crippen LogP contribution < -0.4 is 0 Å². The van der Waals surface area contributed by atoms with Gasteiger partial charge in [0.1, 0.15) is 0 Å². The summed E-state index contributed by atoms with van der Waals surface area (Å²) in [6.07, 6.45) is 9.43. The van der Waals surface area contributed by atoms with E-state index in [-0.39, 0.29) is 0 Å². The van der Waals surface area contributed by atoms with Gasteiger partial charge in [0, 0.05) is 12.6 Å². The Morgan fingerprint density at radius 2 is 2.10 bits per heavy atom. The minimum Gasteiger partial charge on any atom is -0.411 e. The molecule has 1 N–H and O–H groups in total. The third-order valence-electron chi connectivity index (χ3n) is 1.40. The molecule has 59 valence electrons. The second kappa shape index (κ2) is 8.47. The molecule has 0 amide bonds. The first-order chi connectivity index (χ1) is 4.91. The monoisotopic (exact) mass is 142 g/mol. The summed E-state index contributed by atoms with van der Waals surface area (Å²) in [5.41, 5.74) is 0. The van der Waals surface area contributed by atoms with E-state index in [4.69, 9.17) is 5.21 Å². The van der Waals surface area contributed by atoms with Gasteiger partial charge in [-0.3, -0.25) is 0 Å². The maximum Gasteiger partial charge on any atom is 0.0473 e. The highest BCUT2D eigenvalue weighted by atomic mass is 16.4. The number of unbranched alkanes of at least 4 members (excludes halogenated alkanes) is 5. The van der Waals surface area contributed by atoms with E-state index in [2.05, 4.69) is 12.1 Å². The molecule has 0 aromatic carbocycles. The minimum atomic E-state index is 1.03. The summed E-state index contributed by atoms with van der Waals surface area (Å²) < 4.78 is 0. The van der Waals surface area contributed by atoms with Gasteiger partial charge in [0.15, 0.2) is 0 Å². The molecule has 0 aliphatic heterocycles. The van der Waals surface area contributed by atoms with Crippen LogP contribution in [0.25, 0.3) is 0 Å². The number of rotatable bonds is 6. The molecule has 0 unspecified atom stereocenters. The van der Waals surface area contributed by atoms with Crippen LogP contribution in [0, 0.1) is 6.42 Å². The molecule has 2 nitrogen and oxygen atoms in total. The van der Waals surface area contributed by atoms with E-state index < -0.39 is 0 Å². The van der Waals surface area contributed by atoms with Crippen LogP contribution in [0.2, 0.25) is 0 Å². The van der Waals surface area contributed by atoms with Gasteiger partial charge in [0.2, 0.25) is 0 Å². The molecule has 0 saturated carbocycles. The van der Waals surface area contributed by atoms with E-state index in [9.17, 15) is 0 Å². The molecule has 0 saturated heterocycles. The SMILES string of the molecule is CCCCCC[CH]/C=N\O. The van der Waals surface area contributed by atoms with Crippen LogP contribution in [0.1, 0.15) is 39.0 Å². The maximum absolute atomic E-state index is 8.01. The highest BCUT2D eigenvalue weighted by Gasteiger charge is 1.86. The molecule has 10 heavy (non-hydrogen) atoms. The Labute approximate surface area is 62.9 Å². The van der Waals surface area contributed by atoms with Crippen LogP contribution in [-0.4, -0.2) is 11.4 Å². The van der Waals surface area contributed by atoms with Gasteiger partial charge in [-0.15, -0.1) is 5.16 Å². The van der Waals surface area contributed by atoms with Crippen molar-refractivity contribution in [2.45, 2.75) is 39.0 Å².